The van der Waals surface area contributed by atoms with Crippen LogP contribution in [0.15, 0.2) is 61.8 Å². The molecular formula is C29H30N8O. The summed E-state index contributed by atoms with van der Waals surface area (Å²) in [5.41, 5.74) is 4.84. The van der Waals surface area contributed by atoms with Gasteiger partial charge < -0.3 is 10.2 Å². The van der Waals surface area contributed by atoms with Crippen molar-refractivity contribution >= 4 is 17.2 Å². The van der Waals surface area contributed by atoms with Crippen molar-refractivity contribution in [1.29, 1.82) is 5.26 Å². The summed E-state index contributed by atoms with van der Waals surface area (Å²) in [6.07, 6.45) is 12.0. The number of rotatable bonds is 6. The molecule has 4 aromatic heterocycles. The number of carbonyl (C=O) groups excluding carboxylic acids is 1. The van der Waals surface area contributed by atoms with Crippen molar-refractivity contribution < 1.29 is 4.79 Å². The molecule has 1 N–H and O–H groups in total. The predicted molar refractivity (Wildman–Crippen MR) is 145 cm³/mol. The van der Waals surface area contributed by atoms with E-state index in [-0.39, 0.29) is 17.4 Å². The molecule has 2 aliphatic heterocycles. The van der Waals surface area contributed by atoms with Crippen LogP contribution in [0, 0.1) is 29.1 Å². The zero-order valence-electron chi connectivity index (χ0n) is 21.8. The number of nitrogens with one attached hydrogen (secondary N) is 1. The third-order valence-electron chi connectivity index (χ3n) is 8.46. The second-order valence-electron chi connectivity index (χ2n) is 10.7. The van der Waals surface area contributed by atoms with E-state index in [0.717, 1.165) is 53.1 Å². The number of fused-ring (bicyclic) bond motifs is 3. The zero-order valence-corrected chi connectivity index (χ0v) is 21.8. The molecule has 1 saturated carbocycles. The van der Waals surface area contributed by atoms with E-state index in [1.165, 1.54) is 0 Å². The molecule has 7 rings (SSSR count). The van der Waals surface area contributed by atoms with Crippen LogP contribution in [0.4, 0.5) is 5.82 Å². The van der Waals surface area contributed by atoms with Gasteiger partial charge in [-0.15, -0.1) is 6.58 Å². The van der Waals surface area contributed by atoms with Crippen LogP contribution < -0.4 is 10.2 Å². The Morgan fingerprint density at radius 3 is 2.61 bits per heavy atom. The Morgan fingerprint density at radius 1 is 1.18 bits per heavy atom. The Labute approximate surface area is 221 Å². The number of anilines is 1. The van der Waals surface area contributed by atoms with Crippen LogP contribution in [-0.2, 0) is 11.8 Å². The van der Waals surface area contributed by atoms with Crippen molar-refractivity contribution in [2.24, 2.45) is 24.8 Å². The number of aromatic nitrogens is 5. The van der Waals surface area contributed by atoms with Crippen LogP contribution in [0.5, 0.6) is 0 Å². The number of pyridine rings is 2. The minimum absolute atomic E-state index is 0.0459. The highest BCUT2D eigenvalue weighted by atomic mass is 16.2. The van der Waals surface area contributed by atoms with Crippen LogP contribution in [0.1, 0.15) is 25.8 Å². The fourth-order valence-electron chi connectivity index (χ4n) is 5.90. The van der Waals surface area contributed by atoms with Gasteiger partial charge in [-0.05, 0) is 31.5 Å². The summed E-state index contributed by atoms with van der Waals surface area (Å²) in [6, 6.07) is 8.44. The SMILES string of the molecule is C=CC(C)C(=O)NC1(C)C2CC1CN(c1ccc(-c3cc(-c4cnn(C)c4)cn4ncc(C#N)c34)cn1)C2. The molecule has 192 valence electrons. The van der Waals surface area contributed by atoms with Crippen LogP contribution in [0.25, 0.3) is 27.8 Å². The minimum atomic E-state index is -0.195. The topological polar surface area (TPSA) is 104 Å². The first-order chi connectivity index (χ1) is 18.3. The quantitative estimate of drug-likeness (QED) is 0.399. The fraction of sp³-hybridized carbons (Fsp3) is 0.345. The summed E-state index contributed by atoms with van der Waals surface area (Å²) >= 11 is 0. The second-order valence-corrected chi connectivity index (χ2v) is 10.7. The van der Waals surface area contributed by atoms with Crippen LogP contribution in [0.2, 0.25) is 0 Å². The van der Waals surface area contributed by atoms with E-state index in [0.29, 0.717) is 17.4 Å². The highest BCUT2D eigenvalue weighted by Gasteiger charge is 2.56. The molecule has 2 saturated heterocycles. The first-order valence-electron chi connectivity index (χ1n) is 12.9. The lowest BCUT2D eigenvalue weighted by molar-refractivity contribution is -0.130. The average Bonchev–Trinajstić information content (AvgIpc) is 3.58. The van der Waals surface area contributed by atoms with Gasteiger partial charge in [0.2, 0.25) is 5.91 Å². The van der Waals surface area contributed by atoms with Gasteiger partial charge in [-0.1, -0.05) is 13.0 Å². The van der Waals surface area contributed by atoms with Gasteiger partial charge in [0.05, 0.1) is 29.4 Å². The lowest BCUT2D eigenvalue weighted by Crippen LogP contribution is -2.72. The monoisotopic (exact) mass is 506 g/mol. The second kappa shape index (κ2) is 8.84. The molecule has 4 aromatic rings. The number of piperidine rings is 2. The highest BCUT2D eigenvalue weighted by Crippen LogP contribution is 2.49. The zero-order chi connectivity index (χ0) is 26.6. The first kappa shape index (κ1) is 23.9. The molecule has 3 fully saturated rings. The van der Waals surface area contributed by atoms with Crippen LogP contribution in [-0.4, -0.2) is 48.9 Å². The number of nitriles is 1. The number of carbonyl (C=O) groups is 1. The molecule has 2 bridgehead atoms. The lowest BCUT2D eigenvalue weighted by Gasteiger charge is -2.61. The number of amides is 1. The Kier molecular flexibility index (Phi) is 5.56. The van der Waals surface area contributed by atoms with Gasteiger partial charge >= 0.3 is 0 Å². The van der Waals surface area contributed by atoms with E-state index in [1.807, 2.05) is 44.8 Å². The van der Waals surface area contributed by atoms with Crippen molar-refractivity contribution in [3.8, 4) is 28.3 Å². The summed E-state index contributed by atoms with van der Waals surface area (Å²) in [5.74, 6) is 1.53. The number of hydrogen-bond donors (Lipinski definition) is 1. The Morgan fingerprint density at radius 2 is 1.97 bits per heavy atom. The minimum Gasteiger partial charge on any atom is -0.356 e. The molecule has 0 aromatic carbocycles. The molecular weight excluding hydrogens is 476 g/mol. The molecule has 1 amide bonds. The molecule has 0 spiro atoms. The van der Waals surface area contributed by atoms with E-state index in [9.17, 15) is 10.1 Å². The standard InChI is InChI=1S/C29H30N8O/c1-5-18(2)28(38)34-29(3)23-9-24(29)17-36(16-23)26-7-6-19(11-31-26)25-8-20(22-13-32-35(4)14-22)15-37-27(25)21(10-30)12-33-37/h5-8,11-15,18,23-24H,1,9,16-17H2,2-4H3,(H,34,38). The maximum absolute atomic E-state index is 12.5. The molecule has 3 atom stereocenters. The molecule has 1 aliphatic carbocycles. The van der Waals surface area contributed by atoms with Gasteiger partial charge in [0.1, 0.15) is 11.9 Å². The van der Waals surface area contributed by atoms with Crippen LogP contribution >= 0.6 is 0 Å². The van der Waals surface area contributed by atoms with Gasteiger partial charge in [0.15, 0.2) is 0 Å². The van der Waals surface area contributed by atoms with E-state index in [1.54, 1.807) is 21.5 Å². The maximum Gasteiger partial charge on any atom is 0.227 e. The third-order valence-corrected chi connectivity index (χ3v) is 8.46. The molecule has 9 nitrogen and oxygen atoms in total. The van der Waals surface area contributed by atoms with E-state index in [2.05, 4.69) is 52.1 Å². The smallest absolute Gasteiger partial charge is 0.227 e. The largest absolute Gasteiger partial charge is 0.356 e. The number of nitrogens with zero attached hydrogens (tertiary/aromatic N) is 7. The summed E-state index contributed by atoms with van der Waals surface area (Å²) in [5, 5.41) is 21.7. The maximum atomic E-state index is 12.5. The summed E-state index contributed by atoms with van der Waals surface area (Å²) in [6.45, 7) is 9.50. The van der Waals surface area contributed by atoms with Crippen molar-refractivity contribution in [3.05, 3.63) is 67.4 Å². The van der Waals surface area contributed by atoms with Crippen molar-refractivity contribution in [1.82, 2.24) is 29.7 Å². The van der Waals surface area contributed by atoms with E-state index in [4.69, 9.17) is 4.98 Å². The fourth-order valence-corrected chi connectivity index (χ4v) is 5.90. The number of hydrogen-bond acceptors (Lipinski definition) is 6. The van der Waals surface area contributed by atoms with Gasteiger partial charge in [-0.3, -0.25) is 9.48 Å². The first-order valence-corrected chi connectivity index (χ1v) is 12.9. The predicted octanol–water partition coefficient (Wildman–Crippen LogP) is 3.82. The molecule has 6 heterocycles. The summed E-state index contributed by atoms with van der Waals surface area (Å²) in [4.78, 5) is 19.7. The van der Waals surface area contributed by atoms with Crippen molar-refractivity contribution in [2.45, 2.75) is 25.8 Å². The van der Waals surface area contributed by atoms with Gasteiger partial charge in [-0.2, -0.15) is 15.5 Å². The molecule has 38 heavy (non-hydrogen) atoms. The average molecular weight is 507 g/mol. The van der Waals surface area contributed by atoms with Crippen molar-refractivity contribution in [2.75, 3.05) is 18.0 Å². The van der Waals surface area contributed by atoms with Crippen LogP contribution in [0.3, 0.4) is 0 Å². The summed E-state index contributed by atoms with van der Waals surface area (Å²) in [7, 11) is 1.89. The Balaban J connectivity index is 1.27. The molecule has 3 unspecified atom stereocenters. The Bertz CT molecular complexity index is 1580. The molecule has 3 aliphatic rings. The Hall–Kier alpha value is -4.45. The van der Waals surface area contributed by atoms with Gasteiger partial charge in [0.25, 0.3) is 0 Å². The lowest BCUT2D eigenvalue weighted by atomic mass is 9.56. The van der Waals surface area contributed by atoms with Gasteiger partial charge in [-0.25, -0.2) is 9.50 Å². The highest BCUT2D eigenvalue weighted by molar-refractivity contribution is 5.87. The molecule has 0 radical (unpaired) electrons. The number of aryl methyl sites for hydroxylation is 1. The van der Waals surface area contributed by atoms with E-state index >= 15 is 0 Å². The summed E-state index contributed by atoms with van der Waals surface area (Å²) < 4.78 is 3.52. The molecule has 9 heteroatoms. The van der Waals surface area contributed by atoms with E-state index < -0.39 is 0 Å². The van der Waals surface area contributed by atoms with Crippen molar-refractivity contribution in [3.63, 3.8) is 0 Å². The third kappa shape index (κ3) is 3.76. The normalized spacial score (nSPS) is 22.9. The van der Waals surface area contributed by atoms with Gasteiger partial charge in [0, 0.05) is 78.4 Å².